The molecular formula is C16H20ClN5O3. The van der Waals surface area contributed by atoms with Crippen molar-refractivity contribution in [3.05, 3.63) is 23.5 Å². The van der Waals surface area contributed by atoms with E-state index in [-0.39, 0.29) is 5.91 Å². The predicted octanol–water partition coefficient (Wildman–Crippen LogP) is 2.72. The maximum atomic E-state index is 12.6. The van der Waals surface area contributed by atoms with Gasteiger partial charge >= 0.3 is 6.09 Å². The highest BCUT2D eigenvalue weighted by Gasteiger charge is 2.36. The number of fused-ring (bicyclic) bond motifs is 1. The summed E-state index contributed by atoms with van der Waals surface area (Å²) in [6.45, 7) is 5.88. The fraction of sp³-hybridized carbons (Fsp3) is 0.500. The zero-order chi connectivity index (χ0) is 18.2. The van der Waals surface area contributed by atoms with E-state index in [1.807, 2.05) is 0 Å². The summed E-state index contributed by atoms with van der Waals surface area (Å²) < 4.78 is 6.86. The Balaban J connectivity index is 1.71. The minimum atomic E-state index is -0.604. The number of carbonyl (C=O) groups excluding carboxylic acids is 2. The molecule has 0 saturated carbocycles. The summed E-state index contributed by atoms with van der Waals surface area (Å²) >= 11 is 5.84. The van der Waals surface area contributed by atoms with E-state index in [9.17, 15) is 9.59 Å². The van der Waals surface area contributed by atoms with Crippen LogP contribution in [0.3, 0.4) is 0 Å². The lowest BCUT2D eigenvalue weighted by Gasteiger charge is -2.27. The fourth-order valence-electron chi connectivity index (χ4n) is 2.71. The van der Waals surface area contributed by atoms with Crippen LogP contribution < -0.4 is 5.32 Å². The van der Waals surface area contributed by atoms with Gasteiger partial charge in [0.2, 0.25) is 5.91 Å². The summed E-state index contributed by atoms with van der Waals surface area (Å²) in [6, 6.07) is 2.75. The van der Waals surface area contributed by atoms with Gasteiger partial charge in [0.1, 0.15) is 16.8 Å². The van der Waals surface area contributed by atoms with Crippen molar-refractivity contribution in [2.45, 2.75) is 45.3 Å². The fourth-order valence-corrected chi connectivity index (χ4v) is 2.85. The lowest BCUT2D eigenvalue weighted by Crippen LogP contribution is -2.45. The van der Waals surface area contributed by atoms with Crippen LogP contribution in [0.25, 0.3) is 5.65 Å². The van der Waals surface area contributed by atoms with Crippen LogP contribution in [0, 0.1) is 0 Å². The monoisotopic (exact) mass is 365 g/mol. The summed E-state index contributed by atoms with van der Waals surface area (Å²) in [5.74, 6) is 0.0636. The number of halogens is 1. The first kappa shape index (κ1) is 17.5. The van der Waals surface area contributed by atoms with Crippen LogP contribution in [0.2, 0.25) is 5.15 Å². The van der Waals surface area contributed by atoms with Gasteiger partial charge in [-0.1, -0.05) is 11.6 Å². The zero-order valence-electron chi connectivity index (χ0n) is 14.3. The van der Waals surface area contributed by atoms with Crippen molar-refractivity contribution in [2.24, 2.45) is 0 Å². The zero-order valence-corrected chi connectivity index (χ0v) is 15.1. The molecule has 1 unspecified atom stereocenters. The second kappa shape index (κ2) is 6.51. The van der Waals surface area contributed by atoms with Crippen molar-refractivity contribution in [3.63, 3.8) is 0 Å². The first-order valence-electron chi connectivity index (χ1n) is 8.05. The molecule has 1 saturated heterocycles. The standard InChI is InChI=1S/C16H20ClN5O3/c1-16(2,3)25-15(24)21-8-4-5-10(21)14(23)19-12-9-22-13(18-12)7-6-11(17)20-22/h6-7,9-10H,4-5,8H2,1-3H3,(H,19,23). The molecule has 1 N–H and O–H groups in total. The molecule has 9 heteroatoms. The maximum absolute atomic E-state index is 12.6. The molecule has 0 aliphatic carbocycles. The van der Waals surface area contributed by atoms with E-state index in [1.54, 1.807) is 39.1 Å². The molecule has 134 valence electrons. The van der Waals surface area contributed by atoms with Crippen LogP contribution in [-0.2, 0) is 9.53 Å². The molecule has 2 aromatic heterocycles. The molecule has 2 aromatic rings. The molecule has 1 fully saturated rings. The second-order valence-corrected chi connectivity index (χ2v) is 7.29. The van der Waals surface area contributed by atoms with Crippen molar-refractivity contribution in [1.82, 2.24) is 19.5 Å². The third kappa shape index (κ3) is 4.01. The number of rotatable bonds is 2. The van der Waals surface area contributed by atoms with Gasteiger partial charge in [-0.2, -0.15) is 5.10 Å². The van der Waals surface area contributed by atoms with Crippen LogP contribution in [0.4, 0.5) is 10.6 Å². The van der Waals surface area contributed by atoms with Crippen molar-refractivity contribution in [3.8, 4) is 0 Å². The highest BCUT2D eigenvalue weighted by Crippen LogP contribution is 2.22. The predicted molar refractivity (Wildman–Crippen MR) is 92.6 cm³/mol. The average molecular weight is 366 g/mol. The van der Waals surface area contributed by atoms with Crippen LogP contribution in [0.15, 0.2) is 18.3 Å². The number of imidazole rings is 1. The highest BCUT2D eigenvalue weighted by molar-refractivity contribution is 6.29. The van der Waals surface area contributed by atoms with Gasteiger partial charge in [-0.25, -0.2) is 14.3 Å². The number of nitrogens with one attached hydrogen (secondary N) is 1. The molecule has 1 atom stereocenters. The molecule has 0 bridgehead atoms. The van der Waals surface area contributed by atoms with E-state index >= 15 is 0 Å². The van der Waals surface area contributed by atoms with Crippen molar-refractivity contribution >= 4 is 35.1 Å². The highest BCUT2D eigenvalue weighted by atomic mass is 35.5. The first-order valence-corrected chi connectivity index (χ1v) is 8.43. The van der Waals surface area contributed by atoms with Crippen LogP contribution in [-0.4, -0.2) is 49.7 Å². The number of aromatic nitrogens is 3. The van der Waals surface area contributed by atoms with E-state index < -0.39 is 17.7 Å². The summed E-state index contributed by atoms with van der Waals surface area (Å²) in [4.78, 5) is 30.6. The molecule has 1 aliphatic rings. The van der Waals surface area contributed by atoms with Crippen molar-refractivity contribution < 1.29 is 14.3 Å². The van der Waals surface area contributed by atoms with E-state index in [4.69, 9.17) is 16.3 Å². The summed E-state index contributed by atoms with van der Waals surface area (Å²) in [5, 5.41) is 7.13. The third-order valence-electron chi connectivity index (χ3n) is 3.72. The minimum absolute atomic E-state index is 0.294. The van der Waals surface area contributed by atoms with E-state index in [0.717, 1.165) is 6.42 Å². The Morgan fingerprint density at radius 2 is 2.12 bits per heavy atom. The largest absolute Gasteiger partial charge is 0.444 e. The number of carbonyl (C=O) groups is 2. The van der Waals surface area contributed by atoms with Gasteiger partial charge in [0.15, 0.2) is 11.5 Å². The normalized spacial score (nSPS) is 17.8. The number of hydrogen-bond acceptors (Lipinski definition) is 5. The molecule has 3 rings (SSSR count). The molecule has 8 nitrogen and oxygen atoms in total. The number of likely N-dealkylation sites (tertiary alicyclic amines) is 1. The Labute approximate surface area is 150 Å². The molecule has 3 heterocycles. The van der Waals surface area contributed by atoms with Crippen molar-refractivity contribution in [2.75, 3.05) is 11.9 Å². The lowest BCUT2D eigenvalue weighted by molar-refractivity contribution is -0.120. The molecule has 2 amide bonds. The molecule has 1 aliphatic heterocycles. The van der Waals surface area contributed by atoms with Crippen LogP contribution in [0.5, 0.6) is 0 Å². The van der Waals surface area contributed by atoms with Gasteiger partial charge in [-0.05, 0) is 45.7 Å². The Morgan fingerprint density at radius 1 is 1.36 bits per heavy atom. The first-order chi connectivity index (χ1) is 11.7. The average Bonchev–Trinajstić information content (AvgIpc) is 3.10. The molecule has 25 heavy (non-hydrogen) atoms. The Morgan fingerprint density at radius 3 is 2.84 bits per heavy atom. The third-order valence-corrected chi connectivity index (χ3v) is 3.92. The summed E-state index contributed by atoms with van der Waals surface area (Å²) in [5.41, 5.74) is -0.0390. The van der Waals surface area contributed by atoms with Gasteiger partial charge in [0, 0.05) is 6.54 Å². The van der Waals surface area contributed by atoms with Crippen LogP contribution in [0.1, 0.15) is 33.6 Å². The van der Waals surface area contributed by atoms with Gasteiger partial charge < -0.3 is 10.1 Å². The van der Waals surface area contributed by atoms with Crippen LogP contribution >= 0.6 is 11.6 Å². The lowest BCUT2D eigenvalue weighted by atomic mass is 10.2. The van der Waals surface area contributed by atoms with E-state index in [1.165, 1.54) is 9.42 Å². The van der Waals surface area contributed by atoms with Gasteiger partial charge in [0.25, 0.3) is 0 Å². The number of hydrogen-bond donors (Lipinski definition) is 1. The Bertz CT molecular complexity index is 814. The summed E-state index contributed by atoms with van der Waals surface area (Å²) in [7, 11) is 0. The Kier molecular flexibility index (Phi) is 4.55. The second-order valence-electron chi connectivity index (χ2n) is 6.91. The summed E-state index contributed by atoms with van der Waals surface area (Å²) in [6.07, 6.45) is 2.43. The topological polar surface area (TPSA) is 88.8 Å². The van der Waals surface area contributed by atoms with E-state index in [0.29, 0.717) is 29.6 Å². The van der Waals surface area contributed by atoms with Crippen molar-refractivity contribution in [1.29, 1.82) is 0 Å². The number of anilines is 1. The number of ether oxygens (including phenoxy) is 1. The number of amides is 2. The van der Waals surface area contributed by atoms with Gasteiger partial charge in [-0.3, -0.25) is 9.69 Å². The minimum Gasteiger partial charge on any atom is -0.444 e. The SMILES string of the molecule is CC(C)(C)OC(=O)N1CCCC1C(=O)Nc1cn2nc(Cl)ccc2n1. The molecule has 0 aromatic carbocycles. The molecule has 0 radical (unpaired) electrons. The smallest absolute Gasteiger partial charge is 0.410 e. The van der Waals surface area contributed by atoms with Gasteiger partial charge in [0.05, 0.1) is 6.20 Å². The quantitative estimate of drug-likeness (QED) is 0.883. The van der Waals surface area contributed by atoms with E-state index in [2.05, 4.69) is 15.4 Å². The number of nitrogens with zero attached hydrogens (tertiary/aromatic N) is 4. The van der Waals surface area contributed by atoms with Gasteiger partial charge in [-0.15, -0.1) is 0 Å². The molecule has 0 spiro atoms. The Hall–Kier alpha value is -2.35. The molecular weight excluding hydrogens is 346 g/mol. The maximum Gasteiger partial charge on any atom is 0.410 e.